The summed E-state index contributed by atoms with van der Waals surface area (Å²) in [6, 6.07) is 7.38. The van der Waals surface area contributed by atoms with Gasteiger partial charge in [0.05, 0.1) is 54.0 Å². The van der Waals surface area contributed by atoms with Gasteiger partial charge in [0.25, 0.3) is 11.1 Å². The first kappa shape index (κ1) is 56.4. The van der Waals surface area contributed by atoms with Gasteiger partial charge in [-0.2, -0.15) is 4.98 Å². The molecule has 0 amide bonds. The van der Waals surface area contributed by atoms with Crippen LogP contribution in [-0.2, 0) is 6.54 Å². The summed E-state index contributed by atoms with van der Waals surface area (Å²) >= 11 is 23.6. The number of anilines is 2. The van der Waals surface area contributed by atoms with Gasteiger partial charge in [-0.05, 0) is 56.2 Å². The van der Waals surface area contributed by atoms with Gasteiger partial charge in [0.15, 0.2) is 22.7 Å². The molecule has 2 aliphatic rings. The summed E-state index contributed by atoms with van der Waals surface area (Å²) in [6.45, 7) is 7.13. The lowest BCUT2D eigenvalue weighted by Crippen LogP contribution is -2.31. The zero-order valence-corrected chi connectivity index (χ0v) is 38.9. The fourth-order valence-corrected chi connectivity index (χ4v) is 6.74. The van der Waals surface area contributed by atoms with Crippen LogP contribution in [0.1, 0.15) is 18.1 Å². The highest BCUT2D eigenvalue weighted by Gasteiger charge is 2.22. The van der Waals surface area contributed by atoms with Gasteiger partial charge in [-0.15, -0.1) is 46.4 Å². The van der Waals surface area contributed by atoms with E-state index in [0.717, 1.165) is 22.5 Å². The van der Waals surface area contributed by atoms with Gasteiger partial charge in [-0.1, -0.05) is 0 Å². The number of halogens is 4. The Morgan fingerprint density at radius 2 is 1.14 bits per heavy atom. The van der Waals surface area contributed by atoms with Crippen molar-refractivity contribution in [1.82, 2.24) is 39.5 Å². The van der Waals surface area contributed by atoms with Crippen LogP contribution in [0.25, 0.3) is 44.7 Å². The molecule has 11 N–H and O–H groups in total. The molecule has 2 unspecified atom stereocenters. The molecule has 4 heterocycles. The summed E-state index contributed by atoms with van der Waals surface area (Å²) in [5.74, 6) is 1.79. The highest BCUT2D eigenvalue weighted by atomic mass is 35.5. The zero-order valence-electron chi connectivity index (χ0n) is 35.9. The van der Waals surface area contributed by atoms with E-state index in [-0.39, 0.29) is 35.8 Å². The van der Waals surface area contributed by atoms with Gasteiger partial charge in [-0.25, -0.2) is 24.5 Å². The van der Waals surface area contributed by atoms with E-state index in [2.05, 4.69) is 39.8 Å². The normalized spacial score (nSPS) is 11.9. The van der Waals surface area contributed by atoms with Crippen LogP contribution in [0.2, 0.25) is 0 Å². The Balaban J connectivity index is 0.000000362. The monoisotopic (exact) mass is 1000 g/mol. The maximum atomic E-state index is 12.3. The standard InChI is InChI=1S/C18H21Cl2N5O4.C15H15Cl2N5O2.C3H8O2.2C2H4O2/c1-10-6-12-14(7-13(10)24(4-2-19)5-3-20)25(8-11(27)9-26)16-15(21-12)17(28)23-18(29)22-16;1-8-6-9-10(7-11(8)22(4-2-16)5-3-17)18-12-13(19-9)20-15(24)21-14(12)23;1-3(5)2-4;2*3-1-2-4/h6-7,11,26-27H,2-5,8-9H2,1H3,(H,23,28,29);6-7H,2-5H2,1H3,(H2,19,20,21,23,24);3-5H,2H2,1H3;2*1-4H/b;;;2*2-1+. The summed E-state index contributed by atoms with van der Waals surface area (Å²) in [7, 11) is 0. The van der Waals surface area contributed by atoms with Crippen molar-refractivity contribution in [2.45, 2.75) is 39.5 Å². The topological polar surface area (TPSA) is 340 Å². The third kappa shape index (κ3) is 16.3. The van der Waals surface area contributed by atoms with E-state index in [1.807, 2.05) is 43.0 Å². The molecule has 0 radical (unpaired) electrons. The van der Waals surface area contributed by atoms with Crippen LogP contribution in [0.15, 0.2) is 68.5 Å². The number of aromatic nitrogens is 8. The molecule has 2 atom stereocenters. The smallest absolute Gasteiger partial charge is 0.349 e. The Hall–Kier alpha value is -5.72. The number of hydrogen-bond donors (Lipinski definition) is 11. The van der Waals surface area contributed by atoms with Crippen LogP contribution >= 0.6 is 46.4 Å². The van der Waals surface area contributed by atoms with Gasteiger partial charge >= 0.3 is 11.4 Å². The Bertz CT molecular complexity index is 2680. The van der Waals surface area contributed by atoms with Crippen LogP contribution in [0.4, 0.5) is 11.4 Å². The molecule has 0 fully saturated rings. The molecule has 0 aliphatic carbocycles. The summed E-state index contributed by atoms with van der Waals surface area (Å²) in [5.41, 5.74) is 3.49. The van der Waals surface area contributed by atoms with E-state index in [9.17, 15) is 29.4 Å². The number of rotatable bonds is 14. The molecule has 0 saturated carbocycles. The Kier molecular flexibility index (Phi) is 24.8. The number of aryl methyl sites for hydroxylation is 2. The molecule has 0 saturated heterocycles. The lowest BCUT2D eigenvalue weighted by molar-refractivity contribution is 0.0822. The third-order valence-corrected chi connectivity index (χ3v) is 9.36. The zero-order chi connectivity index (χ0) is 49.5. The van der Waals surface area contributed by atoms with Crippen LogP contribution < -0.4 is 32.3 Å². The number of fused-ring (bicyclic) bond motifs is 4. The van der Waals surface area contributed by atoms with E-state index in [4.69, 9.17) is 77.0 Å². The van der Waals surface area contributed by atoms with Crippen molar-refractivity contribution in [2.75, 3.05) is 72.7 Å². The third-order valence-electron chi connectivity index (χ3n) is 8.68. The number of benzene rings is 2. The number of hydrogen-bond acceptors (Lipinski definition) is 18. The summed E-state index contributed by atoms with van der Waals surface area (Å²) < 4.78 is 1.53. The van der Waals surface area contributed by atoms with Crippen molar-refractivity contribution in [3.8, 4) is 11.5 Å². The fourth-order valence-electron chi connectivity index (χ4n) is 5.93. The predicted molar refractivity (Wildman–Crippen MR) is 257 cm³/mol. The van der Waals surface area contributed by atoms with Crippen molar-refractivity contribution in [1.29, 1.82) is 0 Å². The molecule has 22 nitrogen and oxygen atoms in total. The molecular weight excluding hydrogens is 954 g/mol. The van der Waals surface area contributed by atoms with Crippen LogP contribution in [0.5, 0.6) is 0 Å². The van der Waals surface area contributed by atoms with Crippen LogP contribution in [0, 0.1) is 13.8 Å². The maximum Gasteiger partial charge on any atom is 0.349 e. The average molecular weight is 1010 g/mol. The quantitative estimate of drug-likeness (QED) is 0.0424. The van der Waals surface area contributed by atoms with E-state index in [1.165, 1.54) is 11.5 Å². The van der Waals surface area contributed by atoms with Crippen molar-refractivity contribution < 1.29 is 40.9 Å². The molecule has 26 heteroatoms. The molecule has 2 aliphatic heterocycles. The number of aliphatic hydroxyl groups is 8. The van der Waals surface area contributed by atoms with Crippen molar-refractivity contribution in [3.05, 3.63) is 102 Å². The number of nitrogens with zero attached hydrogens (tertiary/aromatic N) is 7. The number of H-pyrrole nitrogens is 3. The second-order valence-corrected chi connectivity index (χ2v) is 15.1. The first-order valence-electron chi connectivity index (χ1n) is 19.6. The van der Waals surface area contributed by atoms with E-state index >= 15 is 0 Å². The Labute approximate surface area is 395 Å². The fraction of sp³-hybridized carbons (Fsp3) is 0.400. The maximum absolute atomic E-state index is 12.3. The second kappa shape index (κ2) is 29.0. The minimum Gasteiger partial charge on any atom is -0.512 e. The van der Waals surface area contributed by atoms with E-state index in [0.29, 0.717) is 96.8 Å². The first-order valence-corrected chi connectivity index (χ1v) is 21.7. The van der Waals surface area contributed by atoms with Gasteiger partial charge in [0, 0.05) is 61.1 Å². The van der Waals surface area contributed by atoms with Crippen LogP contribution in [0.3, 0.4) is 0 Å². The minimum atomic E-state index is -1.11. The molecule has 6 rings (SSSR count). The van der Waals surface area contributed by atoms with Crippen molar-refractivity contribution in [2.24, 2.45) is 0 Å². The molecule has 4 aromatic rings. The molecule has 362 valence electrons. The highest BCUT2D eigenvalue weighted by Crippen LogP contribution is 2.30. The molecule has 0 spiro atoms. The SMILES string of the molecule is CC(O)CO.Cc1cc2nc3[nH]c(=O)[nH]c(=O)c3nc2cc1N(CCCl)CCCl.Cc1cc2nc3c(=O)[nH]c(=O)nc-3n(CC(O)CO)c2cc1N(CCCl)CCCl.O/C=C/O.O/C=C/O. The average Bonchev–Trinajstić information content (AvgIpc) is 3.28. The van der Waals surface area contributed by atoms with Crippen molar-refractivity contribution in [3.63, 3.8) is 0 Å². The Morgan fingerprint density at radius 3 is 1.61 bits per heavy atom. The van der Waals surface area contributed by atoms with Gasteiger partial charge < -0.3 is 55.2 Å². The largest absolute Gasteiger partial charge is 0.512 e. The second-order valence-electron chi connectivity index (χ2n) is 13.5. The molecule has 0 bridgehead atoms. The summed E-state index contributed by atoms with van der Waals surface area (Å²) in [5, 5.41) is 65.1. The van der Waals surface area contributed by atoms with Crippen molar-refractivity contribution >= 4 is 91.0 Å². The minimum absolute atomic E-state index is 0.0206. The highest BCUT2D eigenvalue weighted by molar-refractivity contribution is 6.19. The first-order chi connectivity index (χ1) is 31.5. The van der Waals surface area contributed by atoms with Crippen LogP contribution in [-0.4, -0.2) is 155 Å². The summed E-state index contributed by atoms with van der Waals surface area (Å²) in [6.07, 6.45) is 0.548. The molecule has 2 aromatic carbocycles. The number of alkyl halides is 4. The predicted octanol–water partition coefficient (Wildman–Crippen LogP) is 2.79. The molecule has 66 heavy (non-hydrogen) atoms. The lowest BCUT2D eigenvalue weighted by Gasteiger charge is -2.26. The molecule has 2 aromatic heterocycles. The number of aromatic amines is 3. The number of nitrogens with one attached hydrogen (secondary N) is 3. The van der Waals surface area contributed by atoms with Gasteiger partial charge in [-0.3, -0.25) is 24.5 Å². The van der Waals surface area contributed by atoms with E-state index < -0.39 is 41.3 Å². The lowest BCUT2D eigenvalue weighted by atomic mass is 10.1. The Morgan fingerprint density at radius 1 is 0.652 bits per heavy atom. The van der Waals surface area contributed by atoms with Gasteiger partial charge in [0.1, 0.15) is 25.0 Å². The summed E-state index contributed by atoms with van der Waals surface area (Å²) in [4.78, 5) is 75.1. The van der Waals surface area contributed by atoms with E-state index in [1.54, 1.807) is 0 Å². The van der Waals surface area contributed by atoms with Gasteiger partial charge in [0.2, 0.25) is 0 Å². The number of aliphatic hydroxyl groups excluding tert-OH is 8. The molecular formula is C40H52Cl4N10O12.